The summed E-state index contributed by atoms with van der Waals surface area (Å²) in [6.45, 7) is 0. The Hall–Kier alpha value is -1.25. The van der Waals surface area contributed by atoms with Crippen LogP contribution in [0.4, 0.5) is 0 Å². The van der Waals surface area contributed by atoms with Crippen LogP contribution in [0, 0.1) is 0 Å². The number of hydrogen-bond donors (Lipinski definition) is 1. The van der Waals surface area contributed by atoms with Gasteiger partial charge in [0.05, 0.1) is 23.8 Å². The van der Waals surface area contributed by atoms with Crippen LogP contribution >= 0.6 is 22.7 Å². The van der Waals surface area contributed by atoms with Crippen molar-refractivity contribution in [2.45, 2.75) is 48.8 Å². The van der Waals surface area contributed by atoms with Crippen molar-refractivity contribution in [1.82, 2.24) is 0 Å². The summed E-state index contributed by atoms with van der Waals surface area (Å²) in [7, 11) is 4.49. The lowest BCUT2D eigenvalue weighted by Gasteiger charge is -2.45. The Morgan fingerprint density at radius 3 is 2.15 bits per heavy atom. The summed E-state index contributed by atoms with van der Waals surface area (Å²) in [6.07, 6.45) is 2.05. The number of nitrogens with zero attached hydrogens (tertiary/aromatic N) is 1. The highest BCUT2D eigenvalue weighted by molar-refractivity contribution is 7.12. The Morgan fingerprint density at radius 2 is 1.69 bits per heavy atom. The molecule has 2 aromatic heterocycles. The van der Waals surface area contributed by atoms with E-state index < -0.39 is 11.6 Å². The topological polar surface area (TPSA) is 59.1 Å². The van der Waals surface area contributed by atoms with E-state index in [-0.39, 0.29) is 6.10 Å². The van der Waals surface area contributed by atoms with Crippen LogP contribution in [0.25, 0.3) is 0 Å². The molecule has 3 saturated heterocycles. The molecule has 0 radical (unpaired) electrons. The van der Waals surface area contributed by atoms with E-state index >= 15 is 0 Å². The maximum Gasteiger partial charge on any atom is 0.349 e. The molecule has 3 aliphatic rings. The fourth-order valence-electron chi connectivity index (χ4n) is 4.83. The summed E-state index contributed by atoms with van der Waals surface area (Å²) in [5.74, 6) is -0.561. The van der Waals surface area contributed by atoms with Crippen molar-refractivity contribution >= 4 is 28.6 Å². The highest BCUT2D eigenvalue weighted by Gasteiger charge is 2.71. The van der Waals surface area contributed by atoms with Crippen LogP contribution in [-0.4, -0.2) is 60.0 Å². The maximum atomic E-state index is 13.1. The van der Waals surface area contributed by atoms with E-state index in [0.717, 1.165) is 17.3 Å². The second kappa shape index (κ2) is 5.62. The second-order valence-corrected chi connectivity index (χ2v) is 9.89. The van der Waals surface area contributed by atoms with Gasteiger partial charge in [0.1, 0.15) is 30.4 Å². The molecule has 5 nitrogen and oxygen atoms in total. The number of aliphatic hydroxyl groups is 1. The Balaban J connectivity index is 1.40. The summed E-state index contributed by atoms with van der Waals surface area (Å²) < 4.78 is 12.6. The molecule has 2 aromatic rings. The first-order valence-electron chi connectivity index (χ1n) is 8.92. The molecule has 0 spiro atoms. The summed E-state index contributed by atoms with van der Waals surface area (Å²) in [5.41, 5.74) is -1.72. The molecule has 3 fully saturated rings. The number of ether oxygens (including phenoxy) is 2. The number of piperidine rings is 1. The zero-order valence-electron chi connectivity index (χ0n) is 14.7. The second-order valence-electron chi connectivity index (χ2n) is 7.99. The molecule has 7 heteroatoms. The van der Waals surface area contributed by atoms with Gasteiger partial charge >= 0.3 is 5.97 Å². The smallest absolute Gasteiger partial charge is 0.349 e. The third kappa shape index (κ3) is 2.28. The number of morpholine rings is 1. The van der Waals surface area contributed by atoms with Crippen LogP contribution in [-0.2, 0) is 19.9 Å². The van der Waals surface area contributed by atoms with Gasteiger partial charge in [0, 0.05) is 12.8 Å². The maximum absolute atomic E-state index is 13.1. The van der Waals surface area contributed by atoms with Gasteiger partial charge in [-0.1, -0.05) is 12.1 Å². The van der Waals surface area contributed by atoms with Crippen molar-refractivity contribution in [2.24, 2.45) is 0 Å². The average Bonchev–Trinajstić information content (AvgIpc) is 2.98. The quantitative estimate of drug-likeness (QED) is 0.493. The molecule has 5 heterocycles. The van der Waals surface area contributed by atoms with E-state index in [2.05, 4.69) is 14.1 Å². The first-order chi connectivity index (χ1) is 12.4. The van der Waals surface area contributed by atoms with Crippen LogP contribution in [0.1, 0.15) is 22.6 Å². The molecule has 5 atom stereocenters. The minimum Gasteiger partial charge on any atom is -0.459 e. The summed E-state index contributed by atoms with van der Waals surface area (Å²) in [6, 6.07) is 8.01. The summed E-state index contributed by atoms with van der Waals surface area (Å²) in [5, 5.41) is 15.1. The molecular formula is C19H22NO4S2+. The number of epoxide rings is 1. The number of rotatable bonds is 4. The molecule has 0 amide bonds. The van der Waals surface area contributed by atoms with Gasteiger partial charge in [0.2, 0.25) is 5.60 Å². The van der Waals surface area contributed by atoms with Crippen molar-refractivity contribution < 1.29 is 23.9 Å². The highest BCUT2D eigenvalue weighted by Crippen LogP contribution is 2.52. The molecule has 5 rings (SSSR count). The Bertz CT molecular complexity index is 762. The molecule has 0 unspecified atom stereocenters. The molecule has 138 valence electrons. The van der Waals surface area contributed by atoms with Crippen LogP contribution in [0.3, 0.4) is 0 Å². The van der Waals surface area contributed by atoms with E-state index in [4.69, 9.17) is 9.47 Å². The number of quaternary nitrogens is 1. The molecule has 26 heavy (non-hydrogen) atoms. The molecule has 3 aliphatic heterocycles. The predicted octanol–water partition coefficient (Wildman–Crippen LogP) is 2.35. The van der Waals surface area contributed by atoms with Gasteiger partial charge in [-0.3, -0.25) is 0 Å². The van der Waals surface area contributed by atoms with Gasteiger partial charge in [-0.15, -0.1) is 22.7 Å². The van der Waals surface area contributed by atoms with Gasteiger partial charge in [0.15, 0.2) is 0 Å². The lowest BCUT2D eigenvalue weighted by molar-refractivity contribution is -0.938. The Kier molecular flexibility index (Phi) is 3.65. The van der Waals surface area contributed by atoms with Crippen LogP contribution in [0.5, 0.6) is 0 Å². The first kappa shape index (κ1) is 16.9. The van der Waals surface area contributed by atoms with Crippen LogP contribution in [0.2, 0.25) is 0 Å². The lowest BCUT2D eigenvalue weighted by Crippen LogP contribution is -2.60. The molecule has 0 aromatic carbocycles. The number of hydrogen-bond acceptors (Lipinski definition) is 6. The minimum absolute atomic E-state index is 0.161. The standard InChI is InChI=1S/C19H22NO4S2/c1-20(2)12-9-11(10-13(20)17-16(12)24-17)23-18(21)19(22,14-5-3-7-25-14)15-6-4-8-26-15/h3-8,11-13,16-17,22H,9-10H2,1-2H3/q+1/t11-,12-,13-,16-,17+/m0/s1. The van der Waals surface area contributed by atoms with E-state index in [1.807, 2.05) is 22.9 Å². The fourth-order valence-corrected chi connectivity index (χ4v) is 6.54. The zero-order valence-corrected chi connectivity index (χ0v) is 16.3. The third-order valence-corrected chi connectivity index (χ3v) is 8.32. The van der Waals surface area contributed by atoms with Gasteiger partial charge in [-0.25, -0.2) is 4.79 Å². The van der Waals surface area contributed by atoms with Crippen molar-refractivity contribution in [2.75, 3.05) is 14.1 Å². The Labute approximate surface area is 160 Å². The molecular weight excluding hydrogens is 370 g/mol. The minimum atomic E-state index is -1.72. The predicted molar refractivity (Wildman–Crippen MR) is 99.1 cm³/mol. The van der Waals surface area contributed by atoms with Gasteiger partial charge < -0.3 is 19.1 Å². The summed E-state index contributed by atoms with van der Waals surface area (Å²) in [4.78, 5) is 14.3. The third-order valence-electron chi connectivity index (χ3n) is 6.36. The normalized spacial score (nSPS) is 34.3. The molecule has 0 aliphatic carbocycles. The first-order valence-corrected chi connectivity index (χ1v) is 10.7. The SMILES string of the molecule is C[N+]1(C)[C@H]2C[C@H](OC(=O)C(O)(c3cccs3)c3cccs3)C[C@H]1[C@H]1O[C@H]12. The lowest BCUT2D eigenvalue weighted by atomic mass is 9.95. The van der Waals surface area contributed by atoms with Crippen molar-refractivity contribution in [1.29, 1.82) is 0 Å². The number of likely N-dealkylation sites (N-methyl/N-ethyl adjacent to an activating group) is 1. The number of esters is 1. The fraction of sp³-hybridized carbons (Fsp3) is 0.526. The van der Waals surface area contributed by atoms with Crippen molar-refractivity contribution in [3.8, 4) is 0 Å². The van der Waals surface area contributed by atoms with Crippen molar-refractivity contribution in [3.05, 3.63) is 44.8 Å². The van der Waals surface area contributed by atoms with E-state index in [1.165, 1.54) is 22.7 Å². The van der Waals surface area contributed by atoms with Gasteiger partial charge in [-0.05, 0) is 22.9 Å². The zero-order chi connectivity index (χ0) is 18.1. The van der Waals surface area contributed by atoms with Crippen LogP contribution in [0.15, 0.2) is 35.0 Å². The Morgan fingerprint density at radius 1 is 1.15 bits per heavy atom. The van der Waals surface area contributed by atoms with E-state index in [0.29, 0.717) is 34.0 Å². The van der Waals surface area contributed by atoms with Gasteiger partial charge in [-0.2, -0.15) is 0 Å². The van der Waals surface area contributed by atoms with E-state index in [9.17, 15) is 9.90 Å². The van der Waals surface area contributed by atoms with Crippen molar-refractivity contribution in [3.63, 3.8) is 0 Å². The monoisotopic (exact) mass is 392 g/mol. The molecule has 0 saturated carbocycles. The summed E-state index contributed by atoms with van der Waals surface area (Å²) >= 11 is 2.74. The molecule has 1 N–H and O–H groups in total. The van der Waals surface area contributed by atoms with E-state index in [1.54, 1.807) is 12.1 Å². The highest BCUT2D eigenvalue weighted by atomic mass is 32.1. The number of carbonyl (C=O) groups is 1. The van der Waals surface area contributed by atoms with Gasteiger partial charge in [0.25, 0.3) is 0 Å². The number of carbonyl (C=O) groups excluding carboxylic acids is 1. The number of fused-ring (bicyclic) bond motifs is 5. The van der Waals surface area contributed by atoms with Crippen LogP contribution < -0.4 is 0 Å². The molecule has 2 bridgehead atoms. The number of thiophene rings is 2. The largest absolute Gasteiger partial charge is 0.459 e. The average molecular weight is 393 g/mol.